The number of carbonyl (C=O) groups excluding carboxylic acids is 1. The number of nitrogens with one attached hydrogen (secondary N) is 1. The summed E-state index contributed by atoms with van der Waals surface area (Å²) in [6, 6.07) is 9.83. The van der Waals surface area contributed by atoms with Crippen LogP contribution in [0.1, 0.15) is 15.9 Å². The molecule has 1 amide bonds. The van der Waals surface area contributed by atoms with Gasteiger partial charge in [0.15, 0.2) is 0 Å². The Labute approximate surface area is 153 Å². The van der Waals surface area contributed by atoms with Crippen LogP contribution in [0.4, 0.5) is 5.69 Å². The van der Waals surface area contributed by atoms with E-state index in [0.29, 0.717) is 6.54 Å². The zero-order valence-electron chi connectivity index (χ0n) is 12.7. The van der Waals surface area contributed by atoms with Crippen LogP contribution < -0.4 is 9.62 Å². The number of halogens is 2. The van der Waals surface area contributed by atoms with E-state index in [2.05, 4.69) is 20.7 Å². The summed E-state index contributed by atoms with van der Waals surface area (Å²) >= 11 is 9.56. The SMILES string of the molecule is CNS(=O)(=O)c1ccc(Cl)c(C(=O)N2CCc3cc(Br)ccc32)c1. The number of benzene rings is 2. The molecule has 0 bridgehead atoms. The van der Waals surface area contributed by atoms with E-state index in [1.165, 1.54) is 25.2 Å². The molecule has 0 saturated carbocycles. The average Bonchev–Trinajstić information content (AvgIpc) is 2.97. The summed E-state index contributed by atoms with van der Waals surface area (Å²) in [6.45, 7) is 0.532. The largest absolute Gasteiger partial charge is 0.308 e. The monoisotopic (exact) mass is 428 g/mol. The Kier molecular flexibility index (Phi) is 4.70. The van der Waals surface area contributed by atoms with Crippen LogP contribution in [0, 0.1) is 0 Å². The topological polar surface area (TPSA) is 66.5 Å². The highest BCUT2D eigenvalue weighted by atomic mass is 79.9. The van der Waals surface area contributed by atoms with Gasteiger partial charge in [-0.15, -0.1) is 0 Å². The molecule has 1 N–H and O–H groups in total. The van der Waals surface area contributed by atoms with Gasteiger partial charge in [-0.3, -0.25) is 4.79 Å². The Balaban J connectivity index is 2.02. The summed E-state index contributed by atoms with van der Waals surface area (Å²) < 4.78 is 27.1. The zero-order valence-corrected chi connectivity index (χ0v) is 15.9. The second-order valence-electron chi connectivity index (χ2n) is 5.33. The first-order valence-corrected chi connectivity index (χ1v) is 9.82. The number of anilines is 1. The van der Waals surface area contributed by atoms with E-state index in [4.69, 9.17) is 11.6 Å². The molecule has 0 aliphatic carbocycles. The van der Waals surface area contributed by atoms with Gasteiger partial charge in [0.25, 0.3) is 5.91 Å². The van der Waals surface area contributed by atoms with Crippen molar-refractivity contribution in [3.05, 3.63) is 57.0 Å². The number of amides is 1. The minimum Gasteiger partial charge on any atom is -0.308 e. The van der Waals surface area contributed by atoms with Gasteiger partial charge >= 0.3 is 0 Å². The normalized spacial score (nSPS) is 13.9. The second-order valence-corrected chi connectivity index (χ2v) is 8.54. The summed E-state index contributed by atoms with van der Waals surface area (Å²) in [4.78, 5) is 14.5. The number of carbonyl (C=O) groups is 1. The summed E-state index contributed by atoms with van der Waals surface area (Å²) in [5, 5.41) is 0.223. The van der Waals surface area contributed by atoms with Gasteiger partial charge in [0.1, 0.15) is 0 Å². The maximum Gasteiger partial charge on any atom is 0.259 e. The van der Waals surface area contributed by atoms with Crippen LogP contribution >= 0.6 is 27.5 Å². The van der Waals surface area contributed by atoms with E-state index < -0.39 is 10.0 Å². The summed E-state index contributed by atoms with van der Waals surface area (Å²) in [5.74, 6) is -0.311. The predicted molar refractivity (Wildman–Crippen MR) is 97.2 cm³/mol. The van der Waals surface area contributed by atoms with Gasteiger partial charge < -0.3 is 4.90 Å². The third-order valence-corrected chi connectivity index (χ3v) is 6.16. The molecule has 0 fully saturated rings. The van der Waals surface area contributed by atoms with Crippen LogP contribution in [0.5, 0.6) is 0 Å². The van der Waals surface area contributed by atoms with E-state index in [-0.39, 0.29) is 21.4 Å². The standard InChI is InChI=1S/C16H14BrClN2O3S/c1-19-24(22,23)12-3-4-14(18)13(9-12)16(21)20-7-6-10-8-11(17)2-5-15(10)20/h2-5,8-9,19H,6-7H2,1H3. The minimum absolute atomic E-state index is 0.00739. The van der Waals surface area contributed by atoms with Gasteiger partial charge in [-0.05, 0) is 55.4 Å². The molecule has 1 aliphatic rings. The fraction of sp³-hybridized carbons (Fsp3) is 0.188. The molecular weight excluding hydrogens is 416 g/mol. The Morgan fingerprint density at radius 1 is 1.25 bits per heavy atom. The molecule has 3 rings (SSSR count). The van der Waals surface area contributed by atoms with Crippen LogP contribution in [-0.2, 0) is 16.4 Å². The molecule has 0 unspecified atom stereocenters. The third-order valence-electron chi connectivity index (χ3n) is 3.93. The Hall–Kier alpha value is -1.41. The first kappa shape index (κ1) is 17.4. The Morgan fingerprint density at radius 2 is 2.00 bits per heavy atom. The van der Waals surface area contributed by atoms with Gasteiger partial charge in [0.2, 0.25) is 10.0 Å². The smallest absolute Gasteiger partial charge is 0.259 e. The van der Waals surface area contributed by atoms with Crippen molar-refractivity contribution >= 4 is 49.1 Å². The van der Waals surface area contributed by atoms with E-state index in [0.717, 1.165) is 22.1 Å². The molecule has 5 nitrogen and oxygen atoms in total. The molecule has 24 heavy (non-hydrogen) atoms. The highest BCUT2D eigenvalue weighted by Gasteiger charge is 2.28. The van der Waals surface area contributed by atoms with E-state index in [1.807, 2.05) is 18.2 Å². The second kappa shape index (κ2) is 6.48. The van der Waals surface area contributed by atoms with Crippen molar-refractivity contribution in [1.82, 2.24) is 4.72 Å². The van der Waals surface area contributed by atoms with Gasteiger partial charge in [-0.2, -0.15) is 0 Å². The number of hydrogen-bond donors (Lipinski definition) is 1. The molecule has 0 spiro atoms. The van der Waals surface area contributed by atoms with Crippen molar-refractivity contribution in [2.24, 2.45) is 0 Å². The fourth-order valence-corrected chi connectivity index (χ4v) is 4.04. The number of sulfonamides is 1. The highest BCUT2D eigenvalue weighted by Crippen LogP contribution is 2.33. The number of nitrogens with zero attached hydrogens (tertiary/aromatic N) is 1. The van der Waals surface area contributed by atoms with Gasteiger partial charge in [-0.25, -0.2) is 13.1 Å². The maximum atomic E-state index is 12.9. The van der Waals surface area contributed by atoms with Crippen LogP contribution in [0.15, 0.2) is 45.8 Å². The molecule has 0 radical (unpaired) electrons. The quantitative estimate of drug-likeness (QED) is 0.815. The van der Waals surface area contributed by atoms with Crippen molar-refractivity contribution in [2.75, 3.05) is 18.5 Å². The number of fused-ring (bicyclic) bond motifs is 1. The third kappa shape index (κ3) is 3.09. The number of rotatable bonds is 3. The fourth-order valence-electron chi connectivity index (χ4n) is 2.68. The molecule has 126 valence electrons. The van der Waals surface area contributed by atoms with Gasteiger partial charge in [-0.1, -0.05) is 27.5 Å². The molecule has 1 aliphatic heterocycles. The van der Waals surface area contributed by atoms with E-state index in [9.17, 15) is 13.2 Å². The van der Waals surface area contributed by atoms with Crippen molar-refractivity contribution in [3.63, 3.8) is 0 Å². The van der Waals surface area contributed by atoms with Gasteiger partial charge in [0, 0.05) is 16.7 Å². The summed E-state index contributed by atoms with van der Waals surface area (Å²) in [5.41, 5.74) is 2.05. The van der Waals surface area contributed by atoms with Crippen LogP contribution in [0.3, 0.4) is 0 Å². The summed E-state index contributed by atoms with van der Waals surface area (Å²) in [6.07, 6.45) is 0.743. The zero-order chi connectivity index (χ0) is 17.5. The molecular formula is C16H14BrClN2O3S. The summed E-state index contributed by atoms with van der Waals surface area (Å²) in [7, 11) is -2.33. The average molecular weight is 430 g/mol. The van der Waals surface area contributed by atoms with Crippen LogP contribution in [-0.4, -0.2) is 27.9 Å². The maximum absolute atomic E-state index is 12.9. The van der Waals surface area contributed by atoms with Crippen LogP contribution in [0.25, 0.3) is 0 Å². The predicted octanol–water partition coefficient (Wildman–Crippen LogP) is 3.21. The van der Waals surface area contributed by atoms with Gasteiger partial charge in [0.05, 0.1) is 15.5 Å². The lowest BCUT2D eigenvalue weighted by molar-refractivity contribution is 0.0989. The molecule has 2 aromatic carbocycles. The van der Waals surface area contributed by atoms with Crippen molar-refractivity contribution in [1.29, 1.82) is 0 Å². The molecule has 0 saturated heterocycles. The lowest BCUT2D eigenvalue weighted by atomic mass is 10.1. The number of hydrogen-bond acceptors (Lipinski definition) is 3. The molecule has 0 aromatic heterocycles. The lowest BCUT2D eigenvalue weighted by Gasteiger charge is -2.18. The Morgan fingerprint density at radius 3 is 2.71 bits per heavy atom. The van der Waals surface area contributed by atoms with E-state index in [1.54, 1.807) is 4.90 Å². The minimum atomic E-state index is -3.65. The highest BCUT2D eigenvalue weighted by molar-refractivity contribution is 9.10. The first-order valence-electron chi connectivity index (χ1n) is 7.17. The molecule has 8 heteroatoms. The van der Waals surface area contributed by atoms with Crippen molar-refractivity contribution in [2.45, 2.75) is 11.3 Å². The molecule has 1 heterocycles. The lowest BCUT2D eigenvalue weighted by Crippen LogP contribution is -2.29. The van der Waals surface area contributed by atoms with Crippen LogP contribution in [0.2, 0.25) is 5.02 Å². The first-order chi connectivity index (χ1) is 11.3. The molecule has 2 aromatic rings. The van der Waals surface area contributed by atoms with Crippen molar-refractivity contribution in [3.8, 4) is 0 Å². The van der Waals surface area contributed by atoms with Crippen molar-refractivity contribution < 1.29 is 13.2 Å². The Bertz CT molecular complexity index is 931. The van der Waals surface area contributed by atoms with E-state index >= 15 is 0 Å². The molecule has 0 atom stereocenters.